The van der Waals surface area contributed by atoms with E-state index in [0.29, 0.717) is 36.6 Å². The van der Waals surface area contributed by atoms with E-state index in [1.54, 1.807) is 36.4 Å². The quantitative estimate of drug-likeness (QED) is 0.163. The van der Waals surface area contributed by atoms with Gasteiger partial charge in [0.15, 0.2) is 11.6 Å². The Bertz CT molecular complexity index is 964. The molecule has 0 saturated carbocycles. The summed E-state index contributed by atoms with van der Waals surface area (Å²) in [5.74, 6) is -0.0779. The van der Waals surface area contributed by atoms with Gasteiger partial charge in [-0.15, -0.1) is 10.2 Å². The number of azo groups is 1. The zero-order valence-corrected chi connectivity index (χ0v) is 19.0. The Morgan fingerprint density at radius 1 is 1.12 bits per heavy atom. The number of aromatic nitrogens is 1. The molecule has 0 unspecified atom stereocenters. The van der Waals surface area contributed by atoms with Crippen molar-refractivity contribution in [3.63, 3.8) is 0 Å². The van der Waals surface area contributed by atoms with Crippen molar-refractivity contribution in [1.82, 2.24) is 9.88 Å². The van der Waals surface area contributed by atoms with Crippen LogP contribution in [0.4, 0.5) is 23.0 Å². The van der Waals surface area contributed by atoms with Crippen molar-refractivity contribution in [2.24, 2.45) is 21.7 Å². The number of rotatable bonds is 12. The van der Waals surface area contributed by atoms with E-state index in [1.165, 1.54) is 0 Å². The highest BCUT2D eigenvalue weighted by atomic mass is 16.5. The van der Waals surface area contributed by atoms with Crippen molar-refractivity contribution in [1.29, 1.82) is 0 Å². The number of hydrogen-bond donors (Lipinski definition) is 4. The molecular weight excluding hydrogens is 424 g/mol. The lowest BCUT2D eigenvalue weighted by Gasteiger charge is -2.12. The van der Waals surface area contributed by atoms with Crippen LogP contribution in [0.5, 0.6) is 5.75 Å². The molecule has 7 N–H and O–H groups in total. The minimum absolute atomic E-state index is 0.0775. The van der Waals surface area contributed by atoms with Gasteiger partial charge < -0.3 is 32.2 Å². The fraction of sp³-hybridized carbons (Fsp3) is 0.409. The number of hydrogen-bond acceptors (Lipinski definition) is 10. The Hall–Kier alpha value is -3.41. The maximum Gasteiger partial charge on any atom is 0.312 e. The lowest BCUT2D eigenvalue weighted by molar-refractivity contribution is -0.134. The maximum atomic E-state index is 12.2. The summed E-state index contributed by atoms with van der Waals surface area (Å²) in [5, 5.41) is 10.9. The topological polar surface area (TPSA) is 174 Å². The van der Waals surface area contributed by atoms with E-state index < -0.39 is 6.04 Å². The van der Waals surface area contributed by atoms with Gasteiger partial charge in [-0.25, -0.2) is 4.98 Å². The van der Waals surface area contributed by atoms with E-state index in [9.17, 15) is 9.59 Å². The maximum absolute atomic E-state index is 12.2. The molecule has 0 fully saturated rings. The first kappa shape index (κ1) is 25.8. The van der Waals surface area contributed by atoms with Crippen LogP contribution in [0.25, 0.3) is 0 Å². The van der Waals surface area contributed by atoms with Crippen LogP contribution in [0.15, 0.2) is 46.6 Å². The number of nitrogens with zero attached hydrogens (tertiary/aromatic N) is 4. The molecule has 2 aromatic rings. The summed E-state index contributed by atoms with van der Waals surface area (Å²) in [5.41, 5.74) is 18.0. The molecule has 11 nitrogen and oxygen atoms in total. The average molecular weight is 457 g/mol. The molecule has 0 aliphatic rings. The average Bonchev–Trinajstić information content (AvgIpc) is 2.78. The number of para-hydroxylation sites is 1. The highest BCUT2D eigenvalue weighted by molar-refractivity contribution is 5.94. The second kappa shape index (κ2) is 13.2. The number of ether oxygens (including phenoxy) is 1. The summed E-state index contributed by atoms with van der Waals surface area (Å²) < 4.78 is 5.40. The molecule has 1 amide bonds. The van der Waals surface area contributed by atoms with E-state index in [-0.39, 0.29) is 29.9 Å². The van der Waals surface area contributed by atoms with Crippen LogP contribution >= 0.6 is 0 Å². The van der Waals surface area contributed by atoms with Crippen LogP contribution < -0.4 is 27.3 Å². The number of benzene rings is 1. The van der Waals surface area contributed by atoms with Crippen LogP contribution in [-0.4, -0.2) is 55.0 Å². The van der Waals surface area contributed by atoms with Crippen molar-refractivity contribution in [2.45, 2.75) is 31.7 Å². The number of anilines is 2. The number of unbranched alkanes of at least 4 members (excludes halogenated alkanes) is 1. The molecular formula is C22H32N8O3. The predicted octanol–water partition coefficient (Wildman–Crippen LogP) is 2.33. The number of pyridine rings is 1. The van der Waals surface area contributed by atoms with Crippen molar-refractivity contribution in [2.75, 3.05) is 38.2 Å². The smallest absolute Gasteiger partial charge is 0.312 e. The van der Waals surface area contributed by atoms with E-state index in [4.69, 9.17) is 21.9 Å². The monoisotopic (exact) mass is 456 g/mol. The fourth-order valence-corrected chi connectivity index (χ4v) is 2.70. The molecule has 178 valence electrons. The Labute approximate surface area is 193 Å². The third kappa shape index (κ3) is 8.93. The van der Waals surface area contributed by atoms with E-state index in [2.05, 4.69) is 20.5 Å². The van der Waals surface area contributed by atoms with Crippen LogP contribution in [0, 0.1) is 0 Å². The standard InChI is InChI=1S/C22H32N8O3/c1-30(2)14-12-20(31)33-18-9-4-3-8-16(18)28-29-17-10-11-19(26-21(17)25)27-22(32)15(24)7-5-6-13-23/h3-4,8-11,15H,5-7,12-14,23-24H2,1-2H3,(H3,25,26,27,32)/t15-/m0/s1. The van der Waals surface area contributed by atoms with Gasteiger partial charge in [0.05, 0.1) is 12.5 Å². The van der Waals surface area contributed by atoms with Crippen LogP contribution in [0.2, 0.25) is 0 Å². The molecule has 0 saturated heterocycles. The molecule has 1 heterocycles. The second-order valence-corrected chi connectivity index (χ2v) is 7.68. The molecule has 0 aliphatic heterocycles. The minimum atomic E-state index is -0.657. The number of nitrogen functional groups attached to an aromatic ring is 1. The first-order chi connectivity index (χ1) is 15.8. The van der Waals surface area contributed by atoms with Gasteiger partial charge in [0.1, 0.15) is 17.2 Å². The molecule has 33 heavy (non-hydrogen) atoms. The third-order valence-corrected chi connectivity index (χ3v) is 4.58. The van der Waals surface area contributed by atoms with Crippen LogP contribution in [0.3, 0.4) is 0 Å². The van der Waals surface area contributed by atoms with Crippen LogP contribution in [0.1, 0.15) is 25.7 Å². The first-order valence-corrected chi connectivity index (χ1v) is 10.7. The van der Waals surface area contributed by atoms with Gasteiger partial charge in [0, 0.05) is 6.54 Å². The van der Waals surface area contributed by atoms with Gasteiger partial charge in [-0.1, -0.05) is 18.6 Å². The SMILES string of the molecule is CN(C)CCC(=O)Oc1ccccc1N=Nc1ccc(NC(=O)[C@@H](N)CCCCN)nc1N. The van der Waals surface area contributed by atoms with E-state index in [0.717, 1.165) is 12.8 Å². The summed E-state index contributed by atoms with van der Waals surface area (Å²) >= 11 is 0. The van der Waals surface area contributed by atoms with Gasteiger partial charge >= 0.3 is 5.97 Å². The van der Waals surface area contributed by atoms with Crippen molar-refractivity contribution in [3.05, 3.63) is 36.4 Å². The van der Waals surface area contributed by atoms with Gasteiger partial charge in [0.2, 0.25) is 5.91 Å². The zero-order chi connectivity index (χ0) is 24.2. The minimum Gasteiger partial charge on any atom is -0.424 e. The number of esters is 1. The van der Waals surface area contributed by atoms with Gasteiger partial charge in [-0.05, 0) is 57.7 Å². The molecule has 2 rings (SSSR count). The van der Waals surface area contributed by atoms with Gasteiger partial charge in [-0.3, -0.25) is 9.59 Å². The molecule has 1 aromatic heterocycles. The Morgan fingerprint density at radius 3 is 2.55 bits per heavy atom. The molecule has 1 atom stereocenters. The van der Waals surface area contributed by atoms with Crippen molar-refractivity contribution in [3.8, 4) is 5.75 Å². The van der Waals surface area contributed by atoms with Gasteiger partial charge in [-0.2, -0.15) is 0 Å². The normalized spacial score (nSPS) is 12.2. The summed E-state index contributed by atoms with van der Waals surface area (Å²) in [6, 6.07) is 9.27. The van der Waals surface area contributed by atoms with E-state index in [1.807, 2.05) is 19.0 Å². The summed E-state index contributed by atoms with van der Waals surface area (Å²) in [4.78, 5) is 30.3. The Balaban J connectivity index is 2.03. The summed E-state index contributed by atoms with van der Waals surface area (Å²) in [7, 11) is 3.75. The summed E-state index contributed by atoms with van der Waals surface area (Å²) in [6.07, 6.45) is 2.36. The highest BCUT2D eigenvalue weighted by Gasteiger charge is 2.14. The Morgan fingerprint density at radius 2 is 1.85 bits per heavy atom. The second-order valence-electron chi connectivity index (χ2n) is 7.68. The number of nitrogens with one attached hydrogen (secondary N) is 1. The van der Waals surface area contributed by atoms with E-state index >= 15 is 0 Å². The number of amides is 1. The molecule has 0 radical (unpaired) electrons. The Kier molecular flexibility index (Phi) is 10.3. The lowest BCUT2D eigenvalue weighted by atomic mass is 10.1. The molecule has 0 spiro atoms. The zero-order valence-electron chi connectivity index (χ0n) is 19.0. The third-order valence-electron chi connectivity index (χ3n) is 4.58. The molecule has 0 bridgehead atoms. The predicted molar refractivity (Wildman–Crippen MR) is 128 cm³/mol. The molecule has 11 heteroatoms. The van der Waals surface area contributed by atoms with Crippen LogP contribution in [-0.2, 0) is 9.59 Å². The number of nitrogens with two attached hydrogens (primary N) is 3. The fourth-order valence-electron chi connectivity index (χ4n) is 2.70. The number of carbonyl (C=O) groups excluding carboxylic acids is 2. The summed E-state index contributed by atoms with van der Waals surface area (Å²) in [6.45, 7) is 1.14. The van der Waals surface area contributed by atoms with Crippen molar-refractivity contribution < 1.29 is 14.3 Å². The molecule has 1 aromatic carbocycles. The van der Waals surface area contributed by atoms with Crippen molar-refractivity contribution >= 4 is 34.9 Å². The molecule has 0 aliphatic carbocycles. The van der Waals surface area contributed by atoms with Gasteiger partial charge in [0.25, 0.3) is 0 Å². The first-order valence-electron chi connectivity index (χ1n) is 10.7. The number of carbonyl (C=O) groups is 2. The lowest BCUT2D eigenvalue weighted by Crippen LogP contribution is -2.35. The highest BCUT2D eigenvalue weighted by Crippen LogP contribution is 2.30. The largest absolute Gasteiger partial charge is 0.424 e.